The minimum atomic E-state index is -0.525. The molecule has 1 heterocycles. The molecule has 0 aliphatic carbocycles. The number of cyclic esters (lactones) is 1. The van der Waals surface area contributed by atoms with E-state index in [1.807, 2.05) is 12.1 Å². The maximum atomic E-state index is 12.9. The molecule has 0 amide bonds. The lowest BCUT2D eigenvalue weighted by atomic mass is 10.2. The molecule has 4 nitrogen and oxygen atoms in total. The second kappa shape index (κ2) is 7.75. The average Bonchev–Trinajstić information content (AvgIpc) is 2.98. The zero-order valence-corrected chi connectivity index (χ0v) is 13.9. The highest BCUT2D eigenvalue weighted by atomic mass is 19.1. The van der Waals surface area contributed by atoms with Crippen molar-refractivity contribution in [3.05, 3.63) is 71.2 Å². The predicted octanol–water partition coefficient (Wildman–Crippen LogP) is 4.35. The van der Waals surface area contributed by atoms with E-state index in [1.165, 1.54) is 12.1 Å². The zero-order valence-electron chi connectivity index (χ0n) is 13.9. The maximum absolute atomic E-state index is 12.9. The molecule has 1 aliphatic heterocycles. The molecule has 0 bridgehead atoms. The highest BCUT2D eigenvalue weighted by Gasteiger charge is 2.24. The molecule has 0 atom stereocenters. The fourth-order valence-corrected chi connectivity index (χ4v) is 2.28. The number of carbonyl (C=O) groups is 1. The fraction of sp³-hybridized carbons (Fsp3) is 0.200. The number of rotatable bonds is 6. The van der Waals surface area contributed by atoms with E-state index < -0.39 is 5.97 Å². The van der Waals surface area contributed by atoms with Crippen LogP contribution in [0.3, 0.4) is 0 Å². The molecule has 128 valence electrons. The van der Waals surface area contributed by atoms with Crippen LogP contribution in [0.4, 0.5) is 4.39 Å². The lowest BCUT2D eigenvalue weighted by Crippen LogP contribution is -2.05. The van der Waals surface area contributed by atoms with Gasteiger partial charge in [0.2, 0.25) is 5.90 Å². The lowest BCUT2D eigenvalue weighted by molar-refractivity contribution is -0.129. The second-order valence-electron chi connectivity index (χ2n) is 5.61. The Hall–Kier alpha value is -2.95. The molecule has 0 N–H and O–H groups in total. The van der Waals surface area contributed by atoms with Crippen LogP contribution in [-0.4, -0.2) is 18.5 Å². The van der Waals surface area contributed by atoms with Crippen molar-refractivity contribution >= 4 is 17.9 Å². The topological polar surface area (TPSA) is 47.9 Å². The average molecular weight is 339 g/mol. The van der Waals surface area contributed by atoms with Crippen LogP contribution >= 0.6 is 0 Å². The Morgan fingerprint density at radius 1 is 1.12 bits per heavy atom. The molecule has 0 radical (unpaired) electrons. The standard InChI is InChI=1S/C20H18FNO3/c1-2-3-12-24-17-10-6-15(7-11-17)19-22-18(20(23)25-19)13-14-4-8-16(21)9-5-14/h4-11,13H,2-3,12H2,1H3/b18-13-. The summed E-state index contributed by atoms with van der Waals surface area (Å²) in [6, 6.07) is 13.1. The normalized spacial score (nSPS) is 15.2. The molecule has 2 aromatic rings. The molecule has 0 unspecified atom stereocenters. The Kier molecular flexibility index (Phi) is 5.23. The van der Waals surface area contributed by atoms with Gasteiger partial charge in [-0.05, 0) is 54.5 Å². The van der Waals surface area contributed by atoms with Gasteiger partial charge in [0.25, 0.3) is 0 Å². The van der Waals surface area contributed by atoms with Crippen molar-refractivity contribution in [3.63, 3.8) is 0 Å². The summed E-state index contributed by atoms with van der Waals surface area (Å²) in [4.78, 5) is 16.2. The molecule has 1 aliphatic rings. The van der Waals surface area contributed by atoms with Gasteiger partial charge in [0, 0.05) is 5.56 Å². The van der Waals surface area contributed by atoms with E-state index in [0.717, 1.165) is 18.6 Å². The van der Waals surface area contributed by atoms with Gasteiger partial charge in [0.15, 0.2) is 5.70 Å². The third-order valence-corrected chi connectivity index (χ3v) is 3.66. The van der Waals surface area contributed by atoms with Gasteiger partial charge in [0.1, 0.15) is 11.6 Å². The van der Waals surface area contributed by atoms with Gasteiger partial charge in [0.05, 0.1) is 6.61 Å². The summed E-state index contributed by atoms with van der Waals surface area (Å²) in [5.74, 6) is 0.159. The first kappa shape index (κ1) is 16.9. The van der Waals surface area contributed by atoms with E-state index in [9.17, 15) is 9.18 Å². The molecule has 5 heteroatoms. The van der Waals surface area contributed by atoms with E-state index in [2.05, 4.69) is 11.9 Å². The summed E-state index contributed by atoms with van der Waals surface area (Å²) in [6.07, 6.45) is 3.65. The third kappa shape index (κ3) is 4.32. The molecular weight excluding hydrogens is 321 g/mol. The number of ether oxygens (including phenoxy) is 2. The van der Waals surface area contributed by atoms with E-state index in [-0.39, 0.29) is 17.4 Å². The minimum absolute atomic E-state index is 0.185. The van der Waals surface area contributed by atoms with Crippen molar-refractivity contribution < 1.29 is 18.7 Å². The summed E-state index contributed by atoms with van der Waals surface area (Å²) in [5.41, 5.74) is 1.56. The number of aliphatic imine (C=N–C) groups is 1. The van der Waals surface area contributed by atoms with E-state index >= 15 is 0 Å². The van der Waals surface area contributed by atoms with Crippen LogP contribution in [0.5, 0.6) is 5.75 Å². The first-order valence-corrected chi connectivity index (χ1v) is 8.17. The van der Waals surface area contributed by atoms with Gasteiger partial charge >= 0.3 is 5.97 Å². The smallest absolute Gasteiger partial charge is 0.363 e. The van der Waals surface area contributed by atoms with Crippen molar-refractivity contribution in [1.82, 2.24) is 0 Å². The van der Waals surface area contributed by atoms with Crippen LogP contribution in [0.1, 0.15) is 30.9 Å². The molecule has 0 saturated carbocycles. The number of hydrogen-bond donors (Lipinski definition) is 0. The second-order valence-corrected chi connectivity index (χ2v) is 5.61. The number of benzene rings is 2. The number of nitrogens with zero attached hydrogens (tertiary/aromatic N) is 1. The Balaban J connectivity index is 1.74. The number of halogens is 1. The SMILES string of the molecule is CCCCOc1ccc(C2=N/C(=C\c3ccc(F)cc3)C(=O)O2)cc1. The monoisotopic (exact) mass is 339 g/mol. The summed E-state index contributed by atoms with van der Waals surface area (Å²) in [6.45, 7) is 2.78. The van der Waals surface area contributed by atoms with Crippen LogP contribution < -0.4 is 4.74 Å². The molecule has 0 saturated heterocycles. The molecule has 0 fully saturated rings. The van der Waals surface area contributed by atoms with E-state index in [1.54, 1.807) is 30.3 Å². The van der Waals surface area contributed by atoms with E-state index in [4.69, 9.17) is 9.47 Å². The van der Waals surface area contributed by atoms with Gasteiger partial charge in [-0.1, -0.05) is 25.5 Å². The number of carbonyl (C=O) groups excluding carboxylic acids is 1. The summed E-state index contributed by atoms with van der Waals surface area (Å²) in [5, 5.41) is 0. The molecule has 0 aromatic heterocycles. The highest BCUT2D eigenvalue weighted by Crippen LogP contribution is 2.21. The Morgan fingerprint density at radius 2 is 1.84 bits per heavy atom. The largest absolute Gasteiger partial charge is 0.494 e. The van der Waals surface area contributed by atoms with Crippen molar-refractivity contribution in [1.29, 1.82) is 0 Å². The number of hydrogen-bond acceptors (Lipinski definition) is 4. The van der Waals surface area contributed by atoms with Crippen molar-refractivity contribution in [3.8, 4) is 5.75 Å². The van der Waals surface area contributed by atoms with Gasteiger partial charge in [-0.2, -0.15) is 0 Å². The van der Waals surface area contributed by atoms with Gasteiger partial charge in [-0.25, -0.2) is 14.2 Å². The van der Waals surface area contributed by atoms with Crippen molar-refractivity contribution in [2.24, 2.45) is 4.99 Å². The molecule has 25 heavy (non-hydrogen) atoms. The number of esters is 1. The number of unbranched alkanes of at least 4 members (excludes halogenated alkanes) is 1. The van der Waals surface area contributed by atoms with Gasteiger partial charge in [-0.15, -0.1) is 0 Å². The summed E-state index contributed by atoms with van der Waals surface area (Å²) < 4.78 is 23.8. The lowest BCUT2D eigenvalue weighted by Gasteiger charge is -2.05. The van der Waals surface area contributed by atoms with Gasteiger partial charge < -0.3 is 9.47 Å². The van der Waals surface area contributed by atoms with Crippen LogP contribution in [0.15, 0.2) is 59.2 Å². The van der Waals surface area contributed by atoms with E-state index in [0.29, 0.717) is 17.7 Å². The molecule has 3 rings (SSSR count). The predicted molar refractivity (Wildman–Crippen MR) is 93.9 cm³/mol. The first-order valence-electron chi connectivity index (χ1n) is 8.17. The van der Waals surface area contributed by atoms with Crippen LogP contribution in [0.2, 0.25) is 0 Å². The Bertz CT molecular complexity index is 808. The summed E-state index contributed by atoms with van der Waals surface area (Å²) >= 11 is 0. The molecule has 2 aromatic carbocycles. The molecular formula is C20H18FNO3. The third-order valence-electron chi connectivity index (χ3n) is 3.66. The Labute approximate surface area is 145 Å². The molecule has 0 spiro atoms. The first-order chi connectivity index (χ1) is 12.2. The fourth-order valence-electron chi connectivity index (χ4n) is 2.28. The quantitative estimate of drug-likeness (QED) is 0.447. The van der Waals surface area contributed by atoms with Crippen molar-refractivity contribution in [2.45, 2.75) is 19.8 Å². The van der Waals surface area contributed by atoms with Crippen LogP contribution in [0.25, 0.3) is 6.08 Å². The van der Waals surface area contributed by atoms with Crippen molar-refractivity contribution in [2.75, 3.05) is 6.61 Å². The van der Waals surface area contributed by atoms with Crippen LogP contribution in [-0.2, 0) is 9.53 Å². The van der Waals surface area contributed by atoms with Crippen LogP contribution in [0, 0.1) is 5.82 Å². The highest BCUT2D eigenvalue weighted by molar-refractivity contribution is 6.12. The minimum Gasteiger partial charge on any atom is -0.494 e. The zero-order chi connectivity index (χ0) is 17.6. The summed E-state index contributed by atoms with van der Waals surface area (Å²) in [7, 11) is 0. The maximum Gasteiger partial charge on any atom is 0.363 e. The Morgan fingerprint density at radius 3 is 2.52 bits per heavy atom. The van der Waals surface area contributed by atoms with Gasteiger partial charge in [-0.3, -0.25) is 0 Å².